The van der Waals surface area contributed by atoms with E-state index in [1.165, 1.54) is 0 Å². The highest BCUT2D eigenvalue weighted by Crippen LogP contribution is 2.12. The first-order valence-corrected chi connectivity index (χ1v) is 6.81. The van der Waals surface area contributed by atoms with Crippen molar-refractivity contribution in [3.05, 3.63) is 60.2 Å². The molecule has 0 saturated heterocycles. The summed E-state index contributed by atoms with van der Waals surface area (Å²) in [4.78, 5) is 12.0. The molecule has 0 aliphatic heterocycles. The SMILES string of the molecule is COc1ccc(CNC(=O)[C@@H](C)Oc2ccccc2)cc1. The molecule has 0 fully saturated rings. The molecule has 2 rings (SSSR count). The quantitative estimate of drug-likeness (QED) is 0.887. The zero-order valence-electron chi connectivity index (χ0n) is 12.2. The first-order chi connectivity index (χ1) is 10.2. The lowest BCUT2D eigenvalue weighted by atomic mass is 10.2. The highest BCUT2D eigenvalue weighted by atomic mass is 16.5. The van der Waals surface area contributed by atoms with Crippen LogP contribution in [-0.4, -0.2) is 19.1 Å². The normalized spacial score (nSPS) is 11.5. The molecule has 2 aromatic carbocycles. The molecule has 1 amide bonds. The van der Waals surface area contributed by atoms with Gasteiger partial charge in [-0.05, 0) is 36.8 Å². The molecule has 0 spiro atoms. The highest BCUT2D eigenvalue weighted by molar-refractivity contribution is 5.80. The summed E-state index contributed by atoms with van der Waals surface area (Å²) in [6.07, 6.45) is -0.536. The summed E-state index contributed by atoms with van der Waals surface area (Å²) in [5, 5.41) is 2.85. The van der Waals surface area contributed by atoms with Gasteiger partial charge in [0.15, 0.2) is 6.10 Å². The molecule has 0 saturated carbocycles. The van der Waals surface area contributed by atoms with E-state index >= 15 is 0 Å². The predicted molar refractivity (Wildman–Crippen MR) is 81.4 cm³/mol. The molecule has 1 N–H and O–H groups in total. The van der Waals surface area contributed by atoms with Gasteiger partial charge in [-0.15, -0.1) is 0 Å². The van der Waals surface area contributed by atoms with Gasteiger partial charge in [-0.1, -0.05) is 30.3 Å². The van der Waals surface area contributed by atoms with Crippen LogP contribution in [0.4, 0.5) is 0 Å². The number of amides is 1. The molecule has 0 radical (unpaired) electrons. The fourth-order valence-corrected chi connectivity index (χ4v) is 1.83. The van der Waals surface area contributed by atoms with Crippen molar-refractivity contribution in [1.29, 1.82) is 0 Å². The Labute approximate surface area is 124 Å². The van der Waals surface area contributed by atoms with Gasteiger partial charge in [-0.25, -0.2) is 0 Å². The van der Waals surface area contributed by atoms with E-state index in [0.717, 1.165) is 11.3 Å². The number of carbonyl (C=O) groups is 1. The maximum Gasteiger partial charge on any atom is 0.261 e. The third-order valence-corrected chi connectivity index (χ3v) is 3.05. The van der Waals surface area contributed by atoms with E-state index < -0.39 is 6.10 Å². The number of benzene rings is 2. The molecular formula is C17H19NO3. The van der Waals surface area contributed by atoms with Crippen molar-refractivity contribution in [2.24, 2.45) is 0 Å². The van der Waals surface area contributed by atoms with E-state index in [4.69, 9.17) is 9.47 Å². The molecule has 2 aromatic rings. The number of hydrogen-bond acceptors (Lipinski definition) is 3. The number of nitrogens with one attached hydrogen (secondary N) is 1. The third kappa shape index (κ3) is 4.53. The van der Waals surface area contributed by atoms with Crippen LogP contribution in [-0.2, 0) is 11.3 Å². The van der Waals surface area contributed by atoms with Crippen molar-refractivity contribution in [1.82, 2.24) is 5.32 Å². The van der Waals surface area contributed by atoms with Crippen molar-refractivity contribution in [3.8, 4) is 11.5 Å². The van der Waals surface area contributed by atoms with Crippen LogP contribution in [0.2, 0.25) is 0 Å². The Balaban J connectivity index is 1.83. The van der Waals surface area contributed by atoms with Gasteiger partial charge in [0, 0.05) is 6.54 Å². The number of rotatable bonds is 6. The molecule has 0 heterocycles. The van der Waals surface area contributed by atoms with Crippen LogP contribution < -0.4 is 14.8 Å². The van der Waals surface area contributed by atoms with Crippen molar-refractivity contribution < 1.29 is 14.3 Å². The Morgan fingerprint density at radius 1 is 1.05 bits per heavy atom. The average Bonchev–Trinajstić information content (AvgIpc) is 2.54. The fourth-order valence-electron chi connectivity index (χ4n) is 1.83. The van der Waals surface area contributed by atoms with Crippen LogP contribution >= 0.6 is 0 Å². The smallest absolute Gasteiger partial charge is 0.261 e. The van der Waals surface area contributed by atoms with Crippen LogP contribution in [0.5, 0.6) is 11.5 Å². The Kier molecular flexibility index (Phi) is 5.21. The molecule has 0 aliphatic carbocycles. The topological polar surface area (TPSA) is 47.6 Å². The minimum atomic E-state index is -0.536. The lowest BCUT2D eigenvalue weighted by Crippen LogP contribution is -2.35. The molecule has 4 nitrogen and oxygen atoms in total. The second-order valence-corrected chi connectivity index (χ2v) is 4.64. The molecule has 0 aliphatic rings. The lowest BCUT2D eigenvalue weighted by molar-refractivity contribution is -0.127. The van der Waals surface area contributed by atoms with Gasteiger partial charge < -0.3 is 14.8 Å². The van der Waals surface area contributed by atoms with E-state index in [2.05, 4.69) is 5.32 Å². The van der Waals surface area contributed by atoms with Gasteiger partial charge >= 0.3 is 0 Å². The largest absolute Gasteiger partial charge is 0.497 e. The molecule has 0 unspecified atom stereocenters. The van der Waals surface area contributed by atoms with E-state index in [0.29, 0.717) is 12.3 Å². The summed E-state index contributed by atoms with van der Waals surface area (Å²) in [6, 6.07) is 16.9. The van der Waals surface area contributed by atoms with E-state index in [9.17, 15) is 4.79 Å². The van der Waals surface area contributed by atoms with Crippen LogP contribution in [0, 0.1) is 0 Å². The van der Waals surface area contributed by atoms with Crippen molar-refractivity contribution >= 4 is 5.91 Å². The molecular weight excluding hydrogens is 266 g/mol. The first-order valence-electron chi connectivity index (χ1n) is 6.81. The van der Waals surface area contributed by atoms with Crippen molar-refractivity contribution in [3.63, 3.8) is 0 Å². The van der Waals surface area contributed by atoms with Crippen LogP contribution in [0.3, 0.4) is 0 Å². The highest BCUT2D eigenvalue weighted by Gasteiger charge is 2.13. The maximum absolute atomic E-state index is 12.0. The van der Waals surface area contributed by atoms with E-state index in [1.807, 2.05) is 54.6 Å². The summed E-state index contributed by atoms with van der Waals surface area (Å²) in [6.45, 7) is 2.20. The minimum Gasteiger partial charge on any atom is -0.497 e. The zero-order chi connectivity index (χ0) is 15.1. The van der Waals surface area contributed by atoms with Crippen LogP contribution in [0.25, 0.3) is 0 Å². The second kappa shape index (κ2) is 7.33. The van der Waals surface area contributed by atoms with Crippen LogP contribution in [0.1, 0.15) is 12.5 Å². The third-order valence-electron chi connectivity index (χ3n) is 3.05. The number of methoxy groups -OCH3 is 1. The van der Waals surface area contributed by atoms with Gasteiger partial charge in [0.25, 0.3) is 5.91 Å². The number of carbonyl (C=O) groups excluding carboxylic acids is 1. The zero-order valence-corrected chi connectivity index (χ0v) is 12.2. The monoisotopic (exact) mass is 285 g/mol. The Morgan fingerprint density at radius 3 is 2.33 bits per heavy atom. The molecule has 4 heteroatoms. The molecule has 1 atom stereocenters. The number of para-hydroxylation sites is 1. The summed E-state index contributed by atoms with van der Waals surface area (Å²) < 4.78 is 10.7. The fraction of sp³-hybridized carbons (Fsp3) is 0.235. The average molecular weight is 285 g/mol. The molecule has 0 bridgehead atoms. The molecule has 110 valence electrons. The summed E-state index contributed by atoms with van der Waals surface area (Å²) >= 11 is 0. The summed E-state index contributed by atoms with van der Waals surface area (Å²) in [5.74, 6) is 1.34. The van der Waals surface area contributed by atoms with Crippen molar-refractivity contribution in [2.45, 2.75) is 19.6 Å². The molecule has 21 heavy (non-hydrogen) atoms. The number of hydrogen-bond donors (Lipinski definition) is 1. The lowest BCUT2D eigenvalue weighted by Gasteiger charge is -2.14. The maximum atomic E-state index is 12.0. The van der Waals surface area contributed by atoms with Gasteiger partial charge in [0.1, 0.15) is 11.5 Å². The van der Waals surface area contributed by atoms with E-state index in [-0.39, 0.29) is 5.91 Å². The summed E-state index contributed by atoms with van der Waals surface area (Å²) in [7, 11) is 1.62. The van der Waals surface area contributed by atoms with Gasteiger partial charge in [-0.2, -0.15) is 0 Å². The molecule has 0 aromatic heterocycles. The summed E-state index contributed by atoms with van der Waals surface area (Å²) in [5.41, 5.74) is 1.01. The number of ether oxygens (including phenoxy) is 2. The Hall–Kier alpha value is -2.49. The first kappa shape index (κ1) is 14.9. The second-order valence-electron chi connectivity index (χ2n) is 4.64. The van der Waals surface area contributed by atoms with E-state index in [1.54, 1.807) is 14.0 Å². The van der Waals surface area contributed by atoms with Crippen molar-refractivity contribution in [2.75, 3.05) is 7.11 Å². The van der Waals surface area contributed by atoms with Gasteiger partial charge in [0.2, 0.25) is 0 Å². The van der Waals surface area contributed by atoms with Gasteiger partial charge in [0.05, 0.1) is 7.11 Å². The van der Waals surface area contributed by atoms with Gasteiger partial charge in [-0.3, -0.25) is 4.79 Å². The standard InChI is InChI=1S/C17H19NO3/c1-13(21-16-6-4-3-5-7-16)17(19)18-12-14-8-10-15(20-2)11-9-14/h3-11,13H,12H2,1-2H3,(H,18,19)/t13-/m1/s1. The Bertz CT molecular complexity index is 566. The Morgan fingerprint density at radius 2 is 1.71 bits per heavy atom. The predicted octanol–water partition coefficient (Wildman–Crippen LogP) is 2.78. The van der Waals surface area contributed by atoms with Crippen LogP contribution in [0.15, 0.2) is 54.6 Å². The minimum absolute atomic E-state index is 0.144.